The second-order valence-electron chi connectivity index (χ2n) is 4.70. The van der Waals surface area contributed by atoms with Crippen LogP contribution in [0.15, 0.2) is 0 Å². The van der Waals surface area contributed by atoms with Crippen LogP contribution in [0.2, 0.25) is 0 Å². The SMILES string of the molecule is CCCS(=O)(=O)NCC1(C)CCNCC1. The Morgan fingerprint density at radius 3 is 2.47 bits per heavy atom. The third kappa shape index (κ3) is 4.49. The summed E-state index contributed by atoms with van der Waals surface area (Å²) in [5, 5.41) is 3.29. The molecule has 0 aliphatic carbocycles. The first-order valence-electron chi connectivity index (χ1n) is 5.65. The molecule has 1 aliphatic rings. The molecule has 0 radical (unpaired) electrons. The number of hydrogen-bond acceptors (Lipinski definition) is 3. The van der Waals surface area contributed by atoms with Gasteiger partial charge >= 0.3 is 0 Å². The van der Waals surface area contributed by atoms with E-state index in [1.165, 1.54) is 0 Å². The van der Waals surface area contributed by atoms with Crippen molar-refractivity contribution in [2.24, 2.45) is 5.41 Å². The molecule has 1 saturated heterocycles. The minimum Gasteiger partial charge on any atom is -0.317 e. The van der Waals surface area contributed by atoms with E-state index in [2.05, 4.69) is 17.0 Å². The Hall–Kier alpha value is -0.130. The van der Waals surface area contributed by atoms with E-state index in [1.54, 1.807) is 0 Å². The first kappa shape index (κ1) is 12.9. The van der Waals surface area contributed by atoms with Crippen LogP contribution < -0.4 is 10.0 Å². The van der Waals surface area contributed by atoms with Crippen molar-refractivity contribution in [3.63, 3.8) is 0 Å². The fraction of sp³-hybridized carbons (Fsp3) is 1.00. The zero-order valence-corrected chi connectivity index (χ0v) is 10.5. The molecule has 0 aromatic heterocycles. The minimum atomic E-state index is -3.04. The Labute approximate surface area is 92.9 Å². The van der Waals surface area contributed by atoms with Crippen LogP contribution in [0.25, 0.3) is 0 Å². The molecule has 1 heterocycles. The molecule has 0 saturated carbocycles. The van der Waals surface area contributed by atoms with Crippen LogP contribution in [0.1, 0.15) is 33.1 Å². The third-order valence-corrected chi connectivity index (χ3v) is 4.53. The lowest BCUT2D eigenvalue weighted by Gasteiger charge is -2.34. The van der Waals surface area contributed by atoms with Gasteiger partial charge in [-0.1, -0.05) is 13.8 Å². The summed E-state index contributed by atoms with van der Waals surface area (Å²) in [6.07, 6.45) is 2.76. The molecular weight excluding hydrogens is 212 g/mol. The predicted molar refractivity (Wildman–Crippen MR) is 62.3 cm³/mol. The first-order valence-corrected chi connectivity index (χ1v) is 7.31. The Bertz CT molecular complexity index is 282. The summed E-state index contributed by atoms with van der Waals surface area (Å²) in [5.41, 5.74) is 0.131. The van der Waals surface area contributed by atoms with Gasteiger partial charge < -0.3 is 5.32 Å². The minimum absolute atomic E-state index is 0.131. The molecule has 0 amide bonds. The quantitative estimate of drug-likeness (QED) is 0.736. The fourth-order valence-corrected chi connectivity index (χ4v) is 3.08. The Morgan fingerprint density at radius 1 is 1.33 bits per heavy atom. The van der Waals surface area contributed by atoms with Crippen LogP contribution in [-0.2, 0) is 10.0 Å². The highest BCUT2D eigenvalue weighted by Gasteiger charge is 2.27. The van der Waals surface area contributed by atoms with E-state index in [9.17, 15) is 8.42 Å². The van der Waals surface area contributed by atoms with Crippen molar-refractivity contribution in [2.45, 2.75) is 33.1 Å². The second kappa shape index (κ2) is 5.27. The van der Waals surface area contributed by atoms with Crippen molar-refractivity contribution < 1.29 is 8.42 Å². The van der Waals surface area contributed by atoms with E-state index in [-0.39, 0.29) is 11.2 Å². The maximum absolute atomic E-state index is 11.5. The van der Waals surface area contributed by atoms with E-state index in [0.29, 0.717) is 13.0 Å². The van der Waals surface area contributed by atoms with Crippen LogP contribution in [0.5, 0.6) is 0 Å². The molecule has 15 heavy (non-hydrogen) atoms. The van der Waals surface area contributed by atoms with Gasteiger partial charge in [0.1, 0.15) is 0 Å². The molecule has 0 spiro atoms. The van der Waals surface area contributed by atoms with Gasteiger partial charge in [-0.2, -0.15) is 0 Å². The Morgan fingerprint density at radius 2 is 1.93 bits per heavy atom. The van der Waals surface area contributed by atoms with E-state index >= 15 is 0 Å². The van der Waals surface area contributed by atoms with E-state index in [1.807, 2.05) is 6.92 Å². The topological polar surface area (TPSA) is 58.2 Å². The highest BCUT2D eigenvalue weighted by molar-refractivity contribution is 7.89. The smallest absolute Gasteiger partial charge is 0.211 e. The van der Waals surface area contributed by atoms with Gasteiger partial charge in [-0.3, -0.25) is 0 Å². The van der Waals surface area contributed by atoms with Crippen molar-refractivity contribution in [1.82, 2.24) is 10.0 Å². The molecule has 0 unspecified atom stereocenters. The third-order valence-electron chi connectivity index (χ3n) is 3.00. The zero-order chi connectivity index (χ0) is 11.4. The second-order valence-corrected chi connectivity index (χ2v) is 6.63. The number of piperidine rings is 1. The van der Waals surface area contributed by atoms with E-state index in [4.69, 9.17) is 0 Å². The van der Waals surface area contributed by atoms with Gasteiger partial charge in [-0.05, 0) is 37.8 Å². The molecule has 1 aliphatic heterocycles. The Kier molecular flexibility index (Phi) is 4.55. The summed E-state index contributed by atoms with van der Waals surface area (Å²) in [5.74, 6) is 0.237. The monoisotopic (exact) mass is 234 g/mol. The molecule has 0 bridgehead atoms. The molecule has 0 atom stereocenters. The summed E-state index contributed by atoms with van der Waals surface area (Å²) in [4.78, 5) is 0. The maximum Gasteiger partial charge on any atom is 0.211 e. The van der Waals surface area contributed by atoms with Gasteiger partial charge in [0, 0.05) is 6.54 Å². The van der Waals surface area contributed by atoms with Gasteiger partial charge in [-0.25, -0.2) is 13.1 Å². The van der Waals surface area contributed by atoms with Gasteiger partial charge in [0.25, 0.3) is 0 Å². The number of sulfonamides is 1. The normalized spacial score (nSPS) is 21.5. The summed E-state index contributed by atoms with van der Waals surface area (Å²) >= 11 is 0. The molecule has 4 nitrogen and oxygen atoms in total. The summed E-state index contributed by atoms with van der Waals surface area (Å²) in [7, 11) is -3.04. The first-order chi connectivity index (χ1) is 6.97. The van der Waals surface area contributed by atoms with Crippen molar-refractivity contribution in [1.29, 1.82) is 0 Å². The average molecular weight is 234 g/mol. The van der Waals surface area contributed by atoms with Crippen molar-refractivity contribution in [3.8, 4) is 0 Å². The van der Waals surface area contributed by atoms with Crippen LogP contribution >= 0.6 is 0 Å². The lowest BCUT2D eigenvalue weighted by atomic mass is 9.81. The largest absolute Gasteiger partial charge is 0.317 e. The fourth-order valence-electron chi connectivity index (χ4n) is 1.83. The summed E-state index contributed by atoms with van der Waals surface area (Å²) < 4.78 is 25.7. The van der Waals surface area contributed by atoms with Crippen LogP contribution in [-0.4, -0.2) is 33.8 Å². The summed E-state index contributed by atoms with van der Waals surface area (Å²) in [6.45, 7) is 6.60. The van der Waals surface area contributed by atoms with Gasteiger partial charge in [0.2, 0.25) is 10.0 Å². The number of hydrogen-bond donors (Lipinski definition) is 2. The van der Waals surface area contributed by atoms with Crippen LogP contribution in [0.4, 0.5) is 0 Å². The molecule has 2 N–H and O–H groups in total. The Balaban J connectivity index is 2.41. The maximum atomic E-state index is 11.5. The zero-order valence-electron chi connectivity index (χ0n) is 9.67. The molecule has 0 aromatic carbocycles. The average Bonchev–Trinajstić information content (AvgIpc) is 2.17. The number of rotatable bonds is 5. The van der Waals surface area contributed by atoms with Crippen molar-refractivity contribution in [2.75, 3.05) is 25.4 Å². The molecule has 1 fully saturated rings. The van der Waals surface area contributed by atoms with Gasteiger partial charge in [0.05, 0.1) is 5.75 Å². The van der Waals surface area contributed by atoms with Crippen molar-refractivity contribution in [3.05, 3.63) is 0 Å². The van der Waals surface area contributed by atoms with Gasteiger partial charge in [0.15, 0.2) is 0 Å². The van der Waals surface area contributed by atoms with Gasteiger partial charge in [-0.15, -0.1) is 0 Å². The van der Waals surface area contributed by atoms with Crippen LogP contribution in [0.3, 0.4) is 0 Å². The molecule has 1 rings (SSSR count). The molecule has 5 heteroatoms. The van der Waals surface area contributed by atoms with E-state index < -0.39 is 10.0 Å². The molecular formula is C10H22N2O2S. The lowest BCUT2D eigenvalue weighted by Crippen LogP contribution is -2.43. The number of nitrogens with one attached hydrogen (secondary N) is 2. The lowest BCUT2D eigenvalue weighted by molar-refractivity contribution is 0.232. The molecule has 0 aromatic rings. The molecule has 90 valence electrons. The van der Waals surface area contributed by atoms with E-state index in [0.717, 1.165) is 25.9 Å². The standard InChI is InChI=1S/C10H22N2O2S/c1-3-8-15(13,14)12-9-10(2)4-6-11-7-5-10/h11-12H,3-9H2,1-2H3. The predicted octanol–water partition coefficient (Wildman–Crippen LogP) is 0.706. The van der Waals surface area contributed by atoms with Crippen molar-refractivity contribution >= 4 is 10.0 Å². The highest BCUT2D eigenvalue weighted by atomic mass is 32.2. The summed E-state index contributed by atoms with van der Waals surface area (Å²) in [6, 6.07) is 0. The highest BCUT2D eigenvalue weighted by Crippen LogP contribution is 2.26. The van der Waals surface area contributed by atoms with Crippen LogP contribution in [0, 0.1) is 5.41 Å².